The van der Waals surface area contributed by atoms with Gasteiger partial charge in [0, 0.05) is 12.0 Å². The molecule has 1 rings (SSSR count). The molecular weight excluding hydrogens is 328 g/mol. The Balaban J connectivity index is 2.00. The lowest BCUT2D eigenvalue weighted by Crippen LogP contribution is -2.13. The van der Waals surface area contributed by atoms with Gasteiger partial charge >= 0.3 is 0 Å². The Morgan fingerprint density at radius 1 is 1.04 bits per heavy atom. The van der Waals surface area contributed by atoms with Crippen molar-refractivity contribution >= 4 is 5.78 Å². The van der Waals surface area contributed by atoms with E-state index in [0.717, 1.165) is 25.0 Å². The zero-order chi connectivity index (χ0) is 19.4. The fourth-order valence-corrected chi connectivity index (χ4v) is 3.28. The summed E-state index contributed by atoms with van der Waals surface area (Å²) in [5.41, 5.74) is 2.51. The van der Waals surface area contributed by atoms with Gasteiger partial charge in [0.15, 0.2) is 5.78 Å². The van der Waals surface area contributed by atoms with Crippen LogP contribution in [-0.2, 0) is 19.0 Å². The predicted molar refractivity (Wildman–Crippen MR) is 106 cm³/mol. The molecule has 0 saturated carbocycles. The lowest BCUT2D eigenvalue weighted by Gasteiger charge is -2.22. The second-order valence-electron chi connectivity index (χ2n) is 7.59. The van der Waals surface area contributed by atoms with Crippen molar-refractivity contribution < 1.29 is 19.0 Å². The van der Waals surface area contributed by atoms with Crippen LogP contribution in [0.3, 0.4) is 0 Å². The van der Waals surface area contributed by atoms with Crippen LogP contribution < -0.4 is 0 Å². The van der Waals surface area contributed by atoms with E-state index < -0.39 is 0 Å². The molecule has 1 aliphatic rings. The molecule has 0 N–H and O–H groups in total. The zero-order valence-electron chi connectivity index (χ0n) is 17.5. The summed E-state index contributed by atoms with van der Waals surface area (Å²) < 4.78 is 16.7. The first-order chi connectivity index (χ1) is 12.4. The Kier molecular flexibility index (Phi) is 11.3. The molecule has 0 fully saturated rings. The largest absolute Gasteiger partial charge is 0.469 e. The van der Waals surface area contributed by atoms with Crippen LogP contribution in [0.1, 0.15) is 91.9 Å². The van der Waals surface area contributed by atoms with Crippen molar-refractivity contribution in [3.8, 4) is 0 Å². The molecule has 0 spiro atoms. The number of ether oxygens (including phenoxy) is 3. The number of allylic oxidation sites excluding steroid dienone is 3. The van der Waals surface area contributed by atoms with Crippen LogP contribution in [0.25, 0.3) is 0 Å². The summed E-state index contributed by atoms with van der Waals surface area (Å²) in [5, 5.41) is 0. The van der Waals surface area contributed by atoms with E-state index in [0.29, 0.717) is 5.95 Å². The summed E-state index contributed by atoms with van der Waals surface area (Å²) in [6, 6.07) is 0. The molecule has 1 unspecified atom stereocenters. The fourth-order valence-electron chi connectivity index (χ4n) is 3.28. The number of hydrogen-bond donors (Lipinski definition) is 0. The molecule has 0 radical (unpaired) electrons. The zero-order valence-corrected chi connectivity index (χ0v) is 17.5. The molecule has 1 aliphatic heterocycles. The molecule has 150 valence electrons. The molecule has 0 aliphatic carbocycles. The molecule has 0 aromatic heterocycles. The Morgan fingerprint density at radius 2 is 1.65 bits per heavy atom. The standard InChI is InChI=1S/C22H38O4/c1-17-15-18(2)22(24-5)26-21(17)14-12-10-8-6-7-9-11-13-20(4)25-16-19(3)23/h20H,6-16H2,1-5H3. The van der Waals surface area contributed by atoms with Crippen molar-refractivity contribution in [2.75, 3.05) is 13.7 Å². The SMILES string of the molecule is COC1=C(C)CC(C)=C(CCCCCCCCCC(C)OCC(C)=O)O1. The summed E-state index contributed by atoms with van der Waals surface area (Å²) in [7, 11) is 1.67. The summed E-state index contributed by atoms with van der Waals surface area (Å²) in [6.45, 7) is 8.10. The third-order valence-corrected chi connectivity index (χ3v) is 4.84. The second-order valence-corrected chi connectivity index (χ2v) is 7.59. The van der Waals surface area contributed by atoms with Gasteiger partial charge in [0.2, 0.25) is 0 Å². The molecule has 0 aromatic rings. The molecule has 4 nitrogen and oxygen atoms in total. The maximum Gasteiger partial charge on any atom is 0.283 e. The smallest absolute Gasteiger partial charge is 0.283 e. The number of unbranched alkanes of at least 4 members (excludes halogenated alkanes) is 6. The lowest BCUT2D eigenvalue weighted by atomic mass is 10.0. The minimum atomic E-state index is 0.103. The molecule has 26 heavy (non-hydrogen) atoms. The first-order valence-corrected chi connectivity index (χ1v) is 10.1. The number of rotatable bonds is 14. The average molecular weight is 367 g/mol. The van der Waals surface area contributed by atoms with Gasteiger partial charge in [0.1, 0.15) is 12.4 Å². The van der Waals surface area contributed by atoms with Gasteiger partial charge in [-0.15, -0.1) is 0 Å². The molecule has 4 heteroatoms. The number of hydrogen-bond acceptors (Lipinski definition) is 4. The van der Waals surface area contributed by atoms with Crippen LogP contribution in [-0.4, -0.2) is 25.6 Å². The normalized spacial score (nSPS) is 15.9. The van der Waals surface area contributed by atoms with Crippen LogP contribution in [0.15, 0.2) is 22.9 Å². The first-order valence-electron chi connectivity index (χ1n) is 10.1. The minimum absolute atomic E-state index is 0.103. The van der Waals surface area contributed by atoms with E-state index in [1.165, 1.54) is 56.1 Å². The van der Waals surface area contributed by atoms with Crippen LogP contribution in [0.4, 0.5) is 0 Å². The molecule has 0 aromatic carbocycles. The molecular formula is C22H38O4. The Labute approximate surface area is 160 Å². The van der Waals surface area contributed by atoms with Crippen molar-refractivity contribution in [3.05, 3.63) is 22.9 Å². The average Bonchev–Trinajstić information content (AvgIpc) is 2.60. The molecule has 1 heterocycles. The highest BCUT2D eigenvalue weighted by Crippen LogP contribution is 2.30. The molecule has 0 bridgehead atoms. The van der Waals surface area contributed by atoms with Gasteiger partial charge in [0.05, 0.1) is 13.2 Å². The van der Waals surface area contributed by atoms with Crippen LogP contribution in [0.2, 0.25) is 0 Å². The molecule has 0 saturated heterocycles. The van der Waals surface area contributed by atoms with Gasteiger partial charge in [-0.1, -0.05) is 38.5 Å². The van der Waals surface area contributed by atoms with E-state index >= 15 is 0 Å². The number of carbonyl (C=O) groups is 1. The predicted octanol–water partition coefficient (Wildman–Crippen LogP) is 6.06. The van der Waals surface area contributed by atoms with Gasteiger partial charge in [0.25, 0.3) is 5.95 Å². The van der Waals surface area contributed by atoms with E-state index in [2.05, 4.69) is 20.8 Å². The van der Waals surface area contributed by atoms with Crippen LogP contribution >= 0.6 is 0 Å². The topological polar surface area (TPSA) is 44.8 Å². The monoisotopic (exact) mass is 366 g/mol. The summed E-state index contributed by atoms with van der Waals surface area (Å²) in [5.74, 6) is 1.89. The van der Waals surface area contributed by atoms with Crippen molar-refractivity contribution in [2.24, 2.45) is 0 Å². The maximum absolute atomic E-state index is 10.9. The third-order valence-electron chi connectivity index (χ3n) is 4.84. The van der Waals surface area contributed by atoms with Crippen molar-refractivity contribution in [2.45, 2.75) is 98.0 Å². The van der Waals surface area contributed by atoms with Gasteiger partial charge in [-0.3, -0.25) is 4.79 Å². The highest BCUT2D eigenvalue weighted by Gasteiger charge is 2.17. The van der Waals surface area contributed by atoms with Gasteiger partial charge in [-0.25, -0.2) is 0 Å². The molecule has 1 atom stereocenters. The Morgan fingerprint density at radius 3 is 2.27 bits per heavy atom. The number of Topliss-reactive ketones (excluding diaryl/α,β-unsaturated/α-hetero) is 1. The van der Waals surface area contributed by atoms with E-state index in [-0.39, 0.29) is 18.5 Å². The number of carbonyl (C=O) groups excluding carboxylic acids is 1. The summed E-state index contributed by atoms with van der Waals surface area (Å²) >= 11 is 0. The molecule has 0 amide bonds. The van der Waals surface area contributed by atoms with E-state index in [9.17, 15) is 4.79 Å². The lowest BCUT2D eigenvalue weighted by molar-refractivity contribution is -0.123. The van der Waals surface area contributed by atoms with Gasteiger partial charge in [-0.05, 0) is 52.5 Å². The highest BCUT2D eigenvalue weighted by molar-refractivity contribution is 5.76. The highest BCUT2D eigenvalue weighted by atomic mass is 16.7. The van der Waals surface area contributed by atoms with Gasteiger partial charge < -0.3 is 14.2 Å². The van der Waals surface area contributed by atoms with E-state index in [1.54, 1.807) is 14.0 Å². The van der Waals surface area contributed by atoms with Crippen LogP contribution in [0.5, 0.6) is 0 Å². The number of ketones is 1. The quantitative estimate of drug-likeness (QED) is 0.350. The summed E-state index contributed by atoms with van der Waals surface area (Å²) in [6.07, 6.45) is 12.0. The third kappa shape index (κ3) is 9.42. The first kappa shape index (κ1) is 22.8. The summed E-state index contributed by atoms with van der Waals surface area (Å²) in [4.78, 5) is 10.9. The van der Waals surface area contributed by atoms with E-state index in [1.807, 2.05) is 0 Å². The van der Waals surface area contributed by atoms with Crippen LogP contribution in [0, 0.1) is 0 Å². The minimum Gasteiger partial charge on any atom is -0.469 e. The van der Waals surface area contributed by atoms with Gasteiger partial charge in [-0.2, -0.15) is 0 Å². The van der Waals surface area contributed by atoms with Crippen molar-refractivity contribution in [1.29, 1.82) is 0 Å². The van der Waals surface area contributed by atoms with E-state index in [4.69, 9.17) is 14.2 Å². The Bertz CT molecular complexity index is 490. The Hall–Kier alpha value is -1.29. The number of methoxy groups -OCH3 is 1. The van der Waals surface area contributed by atoms with Crippen molar-refractivity contribution in [1.82, 2.24) is 0 Å². The fraction of sp³-hybridized carbons (Fsp3) is 0.773. The maximum atomic E-state index is 10.9. The second kappa shape index (κ2) is 13.0. The van der Waals surface area contributed by atoms with Crippen molar-refractivity contribution in [3.63, 3.8) is 0 Å².